The van der Waals surface area contributed by atoms with E-state index in [1.54, 1.807) is 0 Å². The van der Waals surface area contributed by atoms with Crippen LogP contribution < -0.4 is 0 Å². The van der Waals surface area contributed by atoms with Gasteiger partial charge < -0.3 is 5.11 Å². The first-order chi connectivity index (χ1) is 10.7. The van der Waals surface area contributed by atoms with Crippen molar-refractivity contribution < 1.29 is 13.9 Å². The summed E-state index contributed by atoms with van der Waals surface area (Å²) in [5, 5.41) is 18.0. The molecule has 0 aliphatic rings. The second kappa shape index (κ2) is 5.60. The maximum Gasteiger partial charge on any atom is 0.137 e. The van der Waals surface area contributed by atoms with Crippen LogP contribution in [0.5, 0.6) is 0 Å². The predicted molar refractivity (Wildman–Crippen MR) is 70.6 cm³/mol. The molecule has 0 radical (unpaired) electrons. The van der Waals surface area contributed by atoms with Crippen molar-refractivity contribution in [2.45, 2.75) is 12.1 Å². The fourth-order valence-electron chi connectivity index (χ4n) is 2.37. The van der Waals surface area contributed by atoms with Gasteiger partial charge in [0.05, 0.1) is 13.2 Å². The molecule has 0 amide bonds. The van der Waals surface area contributed by atoms with Crippen LogP contribution in [0.2, 0.25) is 0 Å². The summed E-state index contributed by atoms with van der Waals surface area (Å²) in [6.07, 6.45) is 5.39. The Bertz CT molecular complexity index is 746. The Kier molecular flexibility index (Phi) is 3.63. The Labute approximate surface area is 123 Å². The molecule has 2 heterocycles. The summed E-state index contributed by atoms with van der Waals surface area (Å²) in [6.45, 7) is -0.436. The summed E-state index contributed by atoms with van der Waals surface area (Å²) in [4.78, 5) is 7.66. The monoisotopic (exact) mass is 306 g/mol. The molecule has 22 heavy (non-hydrogen) atoms. The summed E-state index contributed by atoms with van der Waals surface area (Å²) < 4.78 is 30.2. The molecule has 0 fully saturated rings. The number of benzene rings is 1. The largest absolute Gasteiger partial charge is 0.393 e. The van der Waals surface area contributed by atoms with Crippen LogP contribution in [0.3, 0.4) is 0 Å². The quantitative estimate of drug-likeness (QED) is 0.746. The first kappa shape index (κ1) is 14.3. The van der Waals surface area contributed by atoms with E-state index < -0.39 is 23.8 Å². The molecule has 0 aliphatic heterocycles. The van der Waals surface area contributed by atoms with Crippen LogP contribution in [0.25, 0.3) is 0 Å². The molecule has 114 valence electrons. The summed E-state index contributed by atoms with van der Waals surface area (Å²) in [5.41, 5.74) is -1.24. The van der Waals surface area contributed by atoms with Crippen LogP contribution in [0.4, 0.5) is 8.78 Å². The van der Waals surface area contributed by atoms with E-state index in [4.69, 9.17) is 0 Å². The Hall–Kier alpha value is -2.68. The Morgan fingerprint density at radius 2 is 1.86 bits per heavy atom. The van der Waals surface area contributed by atoms with Crippen molar-refractivity contribution in [1.82, 2.24) is 29.5 Å². The average Bonchev–Trinajstić information content (AvgIpc) is 3.19. The van der Waals surface area contributed by atoms with Crippen LogP contribution in [-0.2, 0) is 12.1 Å². The number of halogens is 2. The zero-order valence-electron chi connectivity index (χ0n) is 11.3. The molecule has 0 saturated carbocycles. The van der Waals surface area contributed by atoms with Gasteiger partial charge in [0.1, 0.15) is 42.5 Å². The molecule has 0 bridgehead atoms. The lowest BCUT2D eigenvalue weighted by atomic mass is 9.90. The van der Waals surface area contributed by atoms with E-state index >= 15 is 0 Å². The minimum Gasteiger partial charge on any atom is -0.393 e. The van der Waals surface area contributed by atoms with Crippen molar-refractivity contribution in [3.63, 3.8) is 0 Å². The Balaban J connectivity index is 2.17. The molecule has 9 heteroatoms. The highest BCUT2D eigenvalue weighted by Crippen LogP contribution is 2.29. The summed E-state index contributed by atoms with van der Waals surface area (Å²) >= 11 is 0. The fraction of sp³-hybridized carbons (Fsp3) is 0.231. The van der Waals surface area contributed by atoms with Gasteiger partial charge in [0.25, 0.3) is 0 Å². The van der Waals surface area contributed by atoms with Gasteiger partial charge in [-0.3, -0.25) is 4.68 Å². The van der Waals surface area contributed by atoms with Crippen LogP contribution >= 0.6 is 0 Å². The third-order valence-electron chi connectivity index (χ3n) is 3.44. The Morgan fingerprint density at radius 3 is 2.45 bits per heavy atom. The highest BCUT2D eigenvalue weighted by atomic mass is 19.1. The molecule has 1 N–H and O–H groups in total. The summed E-state index contributed by atoms with van der Waals surface area (Å²) in [5.74, 6) is -1.49. The highest BCUT2D eigenvalue weighted by molar-refractivity contribution is 5.28. The van der Waals surface area contributed by atoms with Gasteiger partial charge in [0.15, 0.2) is 0 Å². The number of nitrogens with zero attached hydrogens (tertiary/aromatic N) is 6. The van der Waals surface area contributed by atoms with Gasteiger partial charge in [0.2, 0.25) is 0 Å². The van der Waals surface area contributed by atoms with E-state index in [-0.39, 0.29) is 12.1 Å². The molecule has 0 spiro atoms. The fourth-order valence-corrected chi connectivity index (χ4v) is 2.37. The molecule has 3 rings (SSSR count). The van der Waals surface area contributed by atoms with Gasteiger partial charge in [-0.2, -0.15) is 10.2 Å². The van der Waals surface area contributed by atoms with Crippen molar-refractivity contribution in [3.8, 4) is 0 Å². The number of aromatic nitrogens is 6. The number of hydrogen-bond acceptors (Lipinski definition) is 5. The molecular weight excluding hydrogens is 294 g/mol. The van der Waals surface area contributed by atoms with Gasteiger partial charge in [-0.05, 0) is 6.07 Å². The number of rotatable bonds is 5. The SMILES string of the molecule is OC[C@](Cn1cncn1)(c1ccc(F)cc1F)n1cncn1. The number of hydrogen-bond donors (Lipinski definition) is 1. The molecule has 0 saturated heterocycles. The number of aliphatic hydroxyl groups excluding tert-OH is 1. The van der Waals surface area contributed by atoms with Crippen molar-refractivity contribution in [1.29, 1.82) is 0 Å². The molecule has 1 aromatic carbocycles. The standard InChI is InChI=1S/C13H12F2N6O/c14-10-1-2-11(12(15)3-10)13(5-22,21-9-17-7-19-21)4-20-8-16-6-18-20/h1-3,6-9,22H,4-5H2/t13-/m1/s1. The third kappa shape index (κ3) is 2.35. The van der Waals surface area contributed by atoms with E-state index in [1.807, 2.05) is 0 Å². The van der Waals surface area contributed by atoms with Crippen LogP contribution in [0, 0.1) is 11.6 Å². The minimum absolute atomic E-state index is 0.0510. The first-order valence-corrected chi connectivity index (χ1v) is 6.39. The van der Waals surface area contributed by atoms with E-state index in [1.165, 1.54) is 40.7 Å². The van der Waals surface area contributed by atoms with E-state index in [0.29, 0.717) is 0 Å². The first-order valence-electron chi connectivity index (χ1n) is 6.39. The van der Waals surface area contributed by atoms with Crippen molar-refractivity contribution in [3.05, 3.63) is 60.7 Å². The minimum atomic E-state index is -1.32. The lowest BCUT2D eigenvalue weighted by Crippen LogP contribution is -2.44. The molecule has 1 atom stereocenters. The summed E-state index contributed by atoms with van der Waals surface area (Å²) in [6, 6.07) is 3.17. The van der Waals surface area contributed by atoms with E-state index in [2.05, 4.69) is 20.2 Å². The molecule has 0 aliphatic carbocycles. The van der Waals surface area contributed by atoms with Gasteiger partial charge in [-0.15, -0.1) is 0 Å². The molecule has 7 nitrogen and oxygen atoms in total. The lowest BCUT2D eigenvalue weighted by Gasteiger charge is -2.32. The van der Waals surface area contributed by atoms with Crippen LogP contribution in [0.15, 0.2) is 43.5 Å². The second-order valence-corrected chi connectivity index (χ2v) is 4.75. The second-order valence-electron chi connectivity index (χ2n) is 4.75. The van der Waals surface area contributed by atoms with E-state index in [9.17, 15) is 13.9 Å². The third-order valence-corrected chi connectivity index (χ3v) is 3.44. The summed E-state index contributed by atoms with van der Waals surface area (Å²) in [7, 11) is 0. The van der Waals surface area contributed by atoms with Gasteiger partial charge in [-0.1, -0.05) is 6.07 Å². The maximum absolute atomic E-state index is 14.3. The topological polar surface area (TPSA) is 81.6 Å². The van der Waals surface area contributed by atoms with E-state index in [0.717, 1.165) is 12.1 Å². The smallest absolute Gasteiger partial charge is 0.137 e. The molecular formula is C13H12F2N6O. The lowest BCUT2D eigenvalue weighted by molar-refractivity contribution is 0.127. The normalized spacial score (nSPS) is 14.0. The zero-order valence-corrected chi connectivity index (χ0v) is 11.3. The predicted octanol–water partition coefficient (Wildman–Crippen LogP) is 0.584. The van der Waals surface area contributed by atoms with Crippen molar-refractivity contribution >= 4 is 0 Å². The number of aliphatic hydroxyl groups is 1. The zero-order chi connectivity index (χ0) is 15.6. The molecule has 3 aromatic rings. The van der Waals surface area contributed by atoms with Gasteiger partial charge in [0, 0.05) is 11.6 Å². The van der Waals surface area contributed by atoms with Gasteiger partial charge in [-0.25, -0.2) is 23.4 Å². The Morgan fingerprint density at radius 1 is 1.09 bits per heavy atom. The molecule has 2 aromatic heterocycles. The van der Waals surface area contributed by atoms with Crippen LogP contribution in [0.1, 0.15) is 5.56 Å². The van der Waals surface area contributed by atoms with Crippen LogP contribution in [-0.4, -0.2) is 41.2 Å². The van der Waals surface area contributed by atoms with Crippen molar-refractivity contribution in [2.24, 2.45) is 0 Å². The molecule has 0 unspecified atom stereocenters. The maximum atomic E-state index is 14.3. The van der Waals surface area contributed by atoms with Crippen molar-refractivity contribution in [2.75, 3.05) is 6.61 Å². The highest BCUT2D eigenvalue weighted by Gasteiger charge is 2.38. The average molecular weight is 306 g/mol. The van der Waals surface area contributed by atoms with Gasteiger partial charge >= 0.3 is 0 Å².